The number of amides is 1. The van der Waals surface area contributed by atoms with Gasteiger partial charge in [0, 0.05) is 32.4 Å². The molecule has 0 saturated carbocycles. The number of piperidine rings is 1. The van der Waals surface area contributed by atoms with Gasteiger partial charge in [0.1, 0.15) is 0 Å². The fraction of sp³-hybridized carbons (Fsp3) is 0.929. The molecule has 0 aromatic heterocycles. The molecule has 0 radical (unpaired) electrons. The number of alkyl halides is 3. The van der Waals surface area contributed by atoms with E-state index in [1.807, 2.05) is 6.92 Å². The molecule has 0 bridgehead atoms. The first-order valence-corrected chi connectivity index (χ1v) is 7.12. The van der Waals surface area contributed by atoms with E-state index >= 15 is 0 Å². The summed E-state index contributed by atoms with van der Waals surface area (Å²) in [5.41, 5.74) is -2.63. The van der Waals surface area contributed by atoms with E-state index in [1.165, 1.54) is 4.90 Å². The van der Waals surface area contributed by atoms with Gasteiger partial charge in [-0.05, 0) is 18.3 Å². The van der Waals surface area contributed by atoms with Crippen molar-refractivity contribution in [3.8, 4) is 0 Å². The second-order valence-electron chi connectivity index (χ2n) is 6.35. The van der Waals surface area contributed by atoms with Crippen LogP contribution in [0.2, 0.25) is 0 Å². The van der Waals surface area contributed by atoms with Gasteiger partial charge >= 0.3 is 6.18 Å². The van der Waals surface area contributed by atoms with Crippen molar-refractivity contribution in [3.63, 3.8) is 0 Å². The van der Waals surface area contributed by atoms with Crippen LogP contribution in [0.4, 0.5) is 13.2 Å². The largest absolute Gasteiger partial charge is 0.417 e. The van der Waals surface area contributed by atoms with Crippen LogP contribution in [0.25, 0.3) is 0 Å². The van der Waals surface area contributed by atoms with Gasteiger partial charge in [0.05, 0.1) is 0 Å². The molecule has 118 valence electrons. The van der Waals surface area contributed by atoms with Crippen molar-refractivity contribution in [1.82, 2.24) is 4.90 Å². The fourth-order valence-electron chi connectivity index (χ4n) is 2.72. The summed E-state index contributed by atoms with van der Waals surface area (Å²) in [5, 5.41) is 9.55. The Morgan fingerprint density at radius 1 is 1.25 bits per heavy atom. The number of halogens is 3. The van der Waals surface area contributed by atoms with Crippen LogP contribution >= 0.6 is 0 Å². The van der Waals surface area contributed by atoms with Crippen LogP contribution in [-0.2, 0) is 4.79 Å². The van der Waals surface area contributed by atoms with Crippen molar-refractivity contribution in [2.75, 3.05) is 13.1 Å². The molecule has 1 fully saturated rings. The summed E-state index contributed by atoms with van der Waals surface area (Å²) in [4.78, 5) is 13.5. The molecule has 1 heterocycles. The lowest BCUT2D eigenvalue weighted by atomic mass is 9.90. The Morgan fingerprint density at radius 3 is 2.15 bits per heavy atom. The molecule has 0 aliphatic carbocycles. The predicted molar refractivity (Wildman–Crippen MR) is 70.1 cm³/mol. The number of hydrogen-bond donors (Lipinski definition) is 1. The lowest BCUT2D eigenvalue weighted by molar-refractivity contribution is -0.272. The average molecular weight is 295 g/mol. The summed E-state index contributed by atoms with van der Waals surface area (Å²) in [6.45, 7) is 6.08. The molecule has 0 aromatic carbocycles. The Hall–Kier alpha value is -0.780. The smallest absolute Gasteiger partial charge is 0.380 e. The Balaban J connectivity index is 2.47. The zero-order valence-electron chi connectivity index (χ0n) is 12.3. The van der Waals surface area contributed by atoms with Gasteiger partial charge < -0.3 is 10.0 Å². The number of carbonyl (C=O) groups is 1. The van der Waals surface area contributed by atoms with Crippen molar-refractivity contribution in [3.05, 3.63) is 0 Å². The molecule has 1 unspecified atom stereocenters. The molecule has 1 N–H and O–H groups in total. The van der Waals surface area contributed by atoms with E-state index < -0.39 is 24.6 Å². The molecular formula is C14H24F3NO2. The molecule has 1 rings (SSSR count). The monoisotopic (exact) mass is 295 g/mol. The minimum atomic E-state index is -4.62. The van der Waals surface area contributed by atoms with Crippen molar-refractivity contribution < 1.29 is 23.1 Å². The first kappa shape index (κ1) is 17.3. The number of aliphatic hydroxyl groups is 1. The predicted octanol–water partition coefficient (Wildman–Crippen LogP) is 2.97. The van der Waals surface area contributed by atoms with Crippen molar-refractivity contribution >= 4 is 5.91 Å². The van der Waals surface area contributed by atoms with Gasteiger partial charge in [0.15, 0.2) is 5.60 Å². The summed E-state index contributed by atoms with van der Waals surface area (Å²) in [5.74, 6) is 0.614. The van der Waals surface area contributed by atoms with Gasteiger partial charge in [-0.3, -0.25) is 4.79 Å². The lowest BCUT2D eigenvalue weighted by Crippen LogP contribution is -2.54. The SMILES string of the molecule is CC(C)CC(C)CC(=O)N1CCC(O)(C(F)(F)F)CC1. The minimum Gasteiger partial charge on any atom is -0.380 e. The third-order valence-corrected chi connectivity index (χ3v) is 3.87. The maximum atomic E-state index is 12.7. The minimum absolute atomic E-state index is 0.0246. The topological polar surface area (TPSA) is 40.5 Å². The normalized spacial score (nSPS) is 21.1. The molecule has 1 atom stereocenters. The van der Waals surface area contributed by atoms with E-state index in [9.17, 15) is 23.1 Å². The maximum absolute atomic E-state index is 12.7. The quantitative estimate of drug-likeness (QED) is 0.866. The molecule has 20 heavy (non-hydrogen) atoms. The van der Waals surface area contributed by atoms with Gasteiger partial charge in [0.25, 0.3) is 0 Å². The molecule has 1 saturated heterocycles. The molecule has 3 nitrogen and oxygen atoms in total. The zero-order valence-corrected chi connectivity index (χ0v) is 12.3. The first-order chi connectivity index (χ1) is 9.05. The Morgan fingerprint density at radius 2 is 1.75 bits per heavy atom. The molecule has 1 aliphatic rings. The number of rotatable bonds is 4. The average Bonchev–Trinajstić information content (AvgIpc) is 2.26. The van der Waals surface area contributed by atoms with Crippen LogP contribution < -0.4 is 0 Å². The highest BCUT2D eigenvalue weighted by molar-refractivity contribution is 5.76. The number of nitrogens with zero attached hydrogens (tertiary/aromatic N) is 1. The van der Waals surface area contributed by atoms with Gasteiger partial charge in [-0.2, -0.15) is 13.2 Å². The van der Waals surface area contributed by atoms with Gasteiger partial charge in [-0.25, -0.2) is 0 Å². The molecule has 0 aromatic rings. The summed E-state index contributed by atoms with van der Waals surface area (Å²) >= 11 is 0. The fourth-order valence-corrected chi connectivity index (χ4v) is 2.72. The third kappa shape index (κ3) is 4.36. The maximum Gasteiger partial charge on any atom is 0.417 e. The summed E-state index contributed by atoms with van der Waals surface area (Å²) < 4.78 is 38.0. The summed E-state index contributed by atoms with van der Waals surface area (Å²) in [6.07, 6.45) is -4.19. The Bertz CT molecular complexity index is 334. The van der Waals surface area contributed by atoms with E-state index in [4.69, 9.17) is 0 Å². The second-order valence-corrected chi connectivity index (χ2v) is 6.35. The van der Waals surface area contributed by atoms with E-state index in [0.29, 0.717) is 12.3 Å². The highest BCUT2D eigenvalue weighted by Gasteiger charge is 2.54. The second kappa shape index (κ2) is 6.33. The first-order valence-electron chi connectivity index (χ1n) is 7.12. The Kier molecular flexibility index (Phi) is 5.46. The van der Waals surface area contributed by atoms with Crippen molar-refractivity contribution in [1.29, 1.82) is 0 Å². The highest BCUT2D eigenvalue weighted by Crippen LogP contribution is 2.38. The van der Waals surface area contributed by atoms with Crippen LogP contribution in [0.3, 0.4) is 0 Å². The van der Waals surface area contributed by atoms with Crippen LogP contribution in [0.15, 0.2) is 0 Å². The van der Waals surface area contributed by atoms with E-state index in [1.54, 1.807) is 0 Å². The van der Waals surface area contributed by atoms with Crippen LogP contribution in [0.5, 0.6) is 0 Å². The summed E-state index contributed by atoms with van der Waals surface area (Å²) in [6, 6.07) is 0. The molecule has 6 heteroatoms. The standard InChI is InChI=1S/C14H24F3NO2/c1-10(2)8-11(3)9-12(19)18-6-4-13(20,5-7-18)14(15,16)17/h10-11,20H,4-9H2,1-3H3. The number of likely N-dealkylation sites (tertiary alicyclic amines) is 1. The third-order valence-electron chi connectivity index (χ3n) is 3.87. The highest BCUT2D eigenvalue weighted by atomic mass is 19.4. The summed E-state index contributed by atoms with van der Waals surface area (Å²) in [7, 11) is 0. The molecule has 0 spiro atoms. The van der Waals surface area contributed by atoms with Gasteiger partial charge in [-0.1, -0.05) is 20.8 Å². The van der Waals surface area contributed by atoms with Gasteiger partial charge in [0.2, 0.25) is 5.91 Å². The van der Waals surface area contributed by atoms with Crippen LogP contribution in [0.1, 0.15) is 46.5 Å². The number of carbonyl (C=O) groups excluding carboxylic acids is 1. The van der Waals surface area contributed by atoms with E-state index in [2.05, 4.69) is 13.8 Å². The van der Waals surface area contributed by atoms with E-state index in [0.717, 1.165) is 6.42 Å². The van der Waals surface area contributed by atoms with Gasteiger partial charge in [-0.15, -0.1) is 0 Å². The molecule has 1 amide bonds. The van der Waals surface area contributed by atoms with Crippen LogP contribution in [0, 0.1) is 11.8 Å². The molecule has 1 aliphatic heterocycles. The number of hydrogen-bond acceptors (Lipinski definition) is 2. The zero-order chi connectivity index (χ0) is 15.6. The van der Waals surface area contributed by atoms with E-state index in [-0.39, 0.29) is 24.9 Å². The lowest BCUT2D eigenvalue weighted by Gasteiger charge is -2.39. The van der Waals surface area contributed by atoms with Crippen molar-refractivity contribution in [2.24, 2.45) is 11.8 Å². The Labute approximate surface area is 118 Å². The van der Waals surface area contributed by atoms with Crippen molar-refractivity contribution in [2.45, 2.75) is 58.2 Å². The molecular weight excluding hydrogens is 271 g/mol. The van der Waals surface area contributed by atoms with Crippen LogP contribution in [-0.4, -0.2) is 40.8 Å².